The fraction of sp³-hybridized carbons (Fsp3) is 0.385. The van der Waals surface area contributed by atoms with Gasteiger partial charge in [0.25, 0.3) is 5.91 Å². The van der Waals surface area contributed by atoms with Crippen molar-refractivity contribution < 1.29 is 9.21 Å². The largest absolute Gasteiger partial charge is 0.465 e. The van der Waals surface area contributed by atoms with Crippen LogP contribution in [-0.2, 0) is 4.79 Å². The van der Waals surface area contributed by atoms with Gasteiger partial charge in [-0.3, -0.25) is 14.6 Å². The first kappa shape index (κ1) is 14.3. The van der Waals surface area contributed by atoms with E-state index in [-0.39, 0.29) is 5.91 Å². The molecular weight excluding hydrogens is 280 g/mol. The summed E-state index contributed by atoms with van der Waals surface area (Å²) in [6, 6.07) is 3.61. The highest BCUT2D eigenvalue weighted by molar-refractivity contribution is 8.26. The van der Waals surface area contributed by atoms with Crippen LogP contribution in [0, 0.1) is 0 Å². The number of rotatable bonds is 5. The van der Waals surface area contributed by atoms with Crippen LogP contribution >= 0.6 is 24.0 Å². The molecule has 0 aromatic carbocycles. The molecule has 102 valence electrons. The molecule has 19 heavy (non-hydrogen) atoms. The number of nitrogens with zero attached hydrogens (tertiary/aromatic N) is 2. The third-order valence-corrected chi connectivity index (χ3v) is 4.30. The quantitative estimate of drug-likeness (QED) is 0.617. The Labute approximate surface area is 122 Å². The number of furan rings is 1. The maximum atomic E-state index is 12.3. The number of carbonyl (C=O) groups excluding carboxylic acids is 1. The van der Waals surface area contributed by atoms with Crippen LogP contribution in [0.1, 0.15) is 19.6 Å². The molecule has 1 aromatic rings. The van der Waals surface area contributed by atoms with Gasteiger partial charge in [0.2, 0.25) is 0 Å². The van der Waals surface area contributed by atoms with Crippen molar-refractivity contribution in [3.05, 3.63) is 29.1 Å². The molecule has 0 aliphatic carbocycles. The number of amides is 1. The zero-order valence-electron chi connectivity index (χ0n) is 11.0. The summed E-state index contributed by atoms with van der Waals surface area (Å²) in [5.74, 6) is 0.627. The highest BCUT2D eigenvalue weighted by Crippen LogP contribution is 2.32. The van der Waals surface area contributed by atoms with E-state index in [1.54, 1.807) is 23.3 Å². The number of carbonyl (C=O) groups is 1. The van der Waals surface area contributed by atoms with E-state index in [1.165, 1.54) is 11.8 Å². The van der Waals surface area contributed by atoms with Crippen LogP contribution in [0.4, 0.5) is 0 Å². The van der Waals surface area contributed by atoms with Crippen LogP contribution in [0.2, 0.25) is 0 Å². The minimum Gasteiger partial charge on any atom is -0.465 e. The molecule has 1 aromatic heterocycles. The fourth-order valence-corrected chi connectivity index (χ4v) is 2.97. The highest BCUT2D eigenvalue weighted by atomic mass is 32.2. The van der Waals surface area contributed by atoms with Crippen LogP contribution in [0.25, 0.3) is 6.08 Å². The summed E-state index contributed by atoms with van der Waals surface area (Å²) < 4.78 is 5.83. The van der Waals surface area contributed by atoms with E-state index in [4.69, 9.17) is 16.6 Å². The summed E-state index contributed by atoms with van der Waals surface area (Å²) in [5.41, 5.74) is 0. The molecule has 1 fully saturated rings. The third kappa shape index (κ3) is 3.26. The Morgan fingerprint density at radius 1 is 1.47 bits per heavy atom. The second-order valence-electron chi connectivity index (χ2n) is 4.07. The molecule has 1 amide bonds. The molecule has 1 saturated heterocycles. The lowest BCUT2D eigenvalue weighted by Gasteiger charge is -2.24. The smallest absolute Gasteiger partial charge is 0.267 e. The molecule has 4 nitrogen and oxygen atoms in total. The molecule has 6 heteroatoms. The summed E-state index contributed by atoms with van der Waals surface area (Å²) in [4.78, 5) is 16.7. The van der Waals surface area contributed by atoms with Gasteiger partial charge in [-0.25, -0.2) is 0 Å². The first-order chi connectivity index (χ1) is 9.15. The minimum absolute atomic E-state index is 0.0432. The summed E-state index contributed by atoms with van der Waals surface area (Å²) in [7, 11) is 0. The van der Waals surface area contributed by atoms with E-state index in [0.29, 0.717) is 21.7 Å². The van der Waals surface area contributed by atoms with Crippen LogP contribution < -0.4 is 0 Å². The number of hydrogen-bond donors (Lipinski definition) is 0. The first-order valence-corrected chi connectivity index (χ1v) is 7.39. The van der Waals surface area contributed by atoms with Crippen molar-refractivity contribution in [2.24, 2.45) is 0 Å². The van der Waals surface area contributed by atoms with Gasteiger partial charge in [0.1, 0.15) is 10.1 Å². The first-order valence-electron chi connectivity index (χ1n) is 6.17. The van der Waals surface area contributed by atoms with Gasteiger partial charge in [-0.1, -0.05) is 37.8 Å². The molecule has 0 saturated carbocycles. The van der Waals surface area contributed by atoms with Crippen LogP contribution in [0.5, 0.6) is 0 Å². The lowest BCUT2D eigenvalue weighted by atomic mass is 10.3. The fourth-order valence-electron chi connectivity index (χ4n) is 1.75. The molecule has 0 radical (unpaired) electrons. The molecule has 1 aliphatic rings. The van der Waals surface area contributed by atoms with Gasteiger partial charge < -0.3 is 4.42 Å². The zero-order chi connectivity index (χ0) is 13.8. The van der Waals surface area contributed by atoms with Crippen molar-refractivity contribution in [3.8, 4) is 0 Å². The van der Waals surface area contributed by atoms with Crippen LogP contribution in [-0.4, -0.2) is 39.8 Å². The highest BCUT2D eigenvalue weighted by Gasteiger charge is 2.32. The van der Waals surface area contributed by atoms with E-state index in [0.717, 1.165) is 13.1 Å². The molecule has 2 heterocycles. The van der Waals surface area contributed by atoms with Gasteiger partial charge in [0.05, 0.1) is 17.8 Å². The van der Waals surface area contributed by atoms with Crippen LogP contribution in [0.3, 0.4) is 0 Å². The summed E-state index contributed by atoms with van der Waals surface area (Å²) in [6.07, 6.45) is 3.32. The predicted molar refractivity (Wildman–Crippen MR) is 81.5 cm³/mol. The van der Waals surface area contributed by atoms with Crippen molar-refractivity contribution in [2.45, 2.75) is 13.8 Å². The van der Waals surface area contributed by atoms with Crippen LogP contribution in [0.15, 0.2) is 27.7 Å². The Morgan fingerprint density at radius 2 is 2.21 bits per heavy atom. The Kier molecular flexibility index (Phi) is 4.79. The summed E-state index contributed by atoms with van der Waals surface area (Å²) in [5, 5.41) is 0. The van der Waals surface area contributed by atoms with Crippen molar-refractivity contribution >= 4 is 40.3 Å². The van der Waals surface area contributed by atoms with Crippen molar-refractivity contribution in [3.63, 3.8) is 0 Å². The number of thioether (sulfide) groups is 1. The van der Waals surface area contributed by atoms with E-state index >= 15 is 0 Å². The number of thiocarbonyl (C=S) groups is 1. The molecule has 0 spiro atoms. The molecule has 0 N–H and O–H groups in total. The average Bonchev–Trinajstić information content (AvgIpc) is 2.99. The molecule has 2 rings (SSSR count). The summed E-state index contributed by atoms with van der Waals surface area (Å²) in [6.45, 7) is 6.47. The topological polar surface area (TPSA) is 36.7 Å². The molecule has 0 unspecified atom stereocenters. The maximum Gasteiger partial charge on any atom is 0.267 e. The van der Waals surface area contributed by atoms with E-state index in [9.17, 15) is 4.79 Å². The van der Waals surface area contributed by atoms with Gasteiger partial charge in [-0.2, -0.15) is 0 Å². The van der Waals surface area contributed by atoms with Gasteiger partial charge in [-0.05, 0) is 25.2 Å². The Bertz CT molecular complexity index is 493. The van der Waals surface area contributed by atoms with Gasteiger partial charge >= 0.3 is 0 Å². The molecule has 0 atom stereocenters. The van der Waals surface area contributed by atoms with Crippen molar-refractivity contribution in [1.29, 1.82) is 0 Å². The van der Waals surface area contributed by atoms with Gasteiger partial charge in [0.15, 0.2) is 0 Å². The minimum atomic E-state index is -0.0432. The summed E-state index contributed by atoms with van der Waals surface area (Å²) >= 11 is 6.60. The Balaban J connectivity index is 2.12. The lowest BCUT2D eigenvalue weighted by Crippen LogP contribution is -2.40. The van der Waals surface area contributed by atoms with E-state index < -0.39 is 0 Å². The lowest BCUT2D eigenvalue weighted by molar-refractivity contribution is -0.123. The van der Waals surface area contributed by atoms with E-state index in [2.05, 4.69) is 18.7 Å². The molecule has 0 bridgehead atoms. The SMILES string of the molecule is CCN(CC)CN1C(=O)/C(=C\c2ccco2)SC1=S. The van der Waals surface area contributed by atoms with Crippen molar-refractivity contribution in [1.82, 2.24) is 9.80 Å². The average molecular weight is 296 g/mol. The second-order valence-corrected chi connectivity index (χ2v) is 5.75. The Hall–Kier alpha value is -1.11. The normalized spacial score (nSPS) is 18.1. The zero-order valence-corrected chi connectivity index (χ0v) is 12.6. The Morgan fingerprint density at radius 3 is 2.79 bits per heavy atom. The monoisotopic (exact) mass is 296 g/mol. The third-order valence-electron chi connectivity index (χ3n) is 2.93. The standard InChI is InChI=1S/C13H16N2O2S2/c1-3-14(4-2)9-15-12(16)11(19-13(15)18)8-10-6-5-7-17-10/h5-8H,3-4,9H2,1-2H3/b11-8+. The second kappa shape index (κ2) is 6.36. The molecular formula is C13H16N2O2S2. The maximum absolute atomic E-state index is 12.3. The van der Waals surface area contributed by atoms with Gasteiger partial charge in [0, 0.05) is 6.08 Å². The van der Waals surface area contributed by atoms with Crippen molar-refractivity contribution in [2.75, 3.05) is 19.8 Å². The van der Waals surface area contributed by atoms with Gasteiger partial charge in [-0.15, -0.1) is 0 Å². The number of hydrogen-bond acceptors (Lipinski definition) is 5. The predicted octanol–water partition coefficient (Wildman–Crippen LogP) is 2.78. The molecule has 1 aliphatic heterocycles. The van der Waals surface area contributed by atoms with E-state index in [1.807, 2.05) is 6.07 Å².